The maximum absolute atomic E-state index is 11.8. The minimum Gasteiger partial charge on any atom is -0.464 e. The van der Waals surface area contributed by atoms with Crippen molar-refractivity contribution in [3.05, 3.63) is 11.1 Å². The zero-order valence-electron chi connectivity index (χ0n) is 4.45. The number of hydrogen-bond acceptors (Lipinski definition) is 2. The van der Waals surface area contributed by atoms with Gasteiger partial charge in [0.1, 0.15) is 0 Å². The van der Waals surface area contributed by atoms with Crippen molar-refractivity contribution in [1.29, 1.82) is 0 Å². The summed E-state index contributed by atoms with van der Waals surface area (Å²) in [5.41, 5.74) is 0. The van der Waals surface area contributed by atoms with E-state index in [2.05, 4.69) is 16.3 Å². The summed E-state index contributed by atoms with van der Waals surface area (Å²) in [7, 11) is 0.918. The van der Waals surface area contributed by atoms with E-state index < -0.39 is 17.1 Å². The number of esters is 1. The largest absolute Gasteiger partial charge is 0.464 e. The first-order chi connectivity index (χ1) is 4.09. The van der Waals surface area contributed by atoms with Crippen LogP contribution in [-0.4, -0.2) is 13.1 Å². The van der Waals surface area contributed by atoms with Gasteiger partial charge >= 0.3 is 5.97 Å². The van der Waals surface area contributed by atoms with Crippen LogP contribution in [0, 0.1) is 0 Å². The molecule has 0 spiro atoms. The lowest BCUT2D eigenvalue weighted by Gasteiger charge is -1.91. The third-order valence-corrected chi connectivity index (χ3v) is 0.696. The molecule has 2 nitrogen and oxygen atoms in total. The van der Waals surface area contributed by atoms with Crippen molar-refractivity contribution >= 4 is 17.6 Å². The van der Waals surface area contributed by atoms with E-state index in [0.717, 1.165) is 7.11 Å². The molecule has 5 heteroatoms. The zero-order valence-corrected chi connectivity index (χ0v) is 5.21. The van der Waals surface area contributed by atoms with Crippen LogP contribution in [0.2, 0.25) is 0 Å². The van der Waals surface area contributed by atoms with Crippen molar-refractivity contribution in [2.24, 2.45) is 0 Å². The van der Waals surface area contributed by atoms with Crippen LogP contribution in [0.5, 0.6) is 0 Å². The van der Waals surface area contributed by atoms with Gasteiger partial charge in [-0.2, -0.15) is 8.78 Å². The fourth-order valence-corrected chi connectivity index (χ4v) is 0.244. The molecule has 0 aromatic heterocycles. The highest BCUT2D eigenvalue weighted by atomic mass is 35.5. The highest BCUT2D eigenvalue weighted by Crippen LogP contribution is 2.12. The summed E-state index contributed by atoms with van der Waals surface area (Å²) in [4.78, 5) is 9.97. The van der Waals surface area contributed by atoms with Crippen LogP contribution in [0.4, 0.5) is 8.78 Å². The van der Waals surface area contributed by atoms with E-state index in [1.807, 2.05) is 0 Å². The molecule has 0 aromatic rings. The Labute approximate surface area is 55.1 Å². The molecule has 0 aromatic carbocycles. The minimum atomic E-state index is -1.71. The molecule has 0 amide bonds. The van der Waals surface area contributed by atoms with E-state index in [4.69, 9.17) is 0 Å². The molecule has 0 unspecified atom stereocenters. The maximum Gasteiger partial charge on any atom is 0.371 e. The molecular formula is C4H3ClF2O2. The highest BCUT2D eigenvalue weighted by molar-refractivity contribution is 6.29. The van der Waals surface area contributed by atoms with Crippen LogP contribution in [0.1, 0.15) is 0 Å². The average Bonchev–Trinajstić information content (AvgIpc) is 1.84. The van der Waals surface area contributed by atoms with E-state index in [9.17, 15) is 13.6 Å². The quantitative estimate of drug-likeness (QED) is 0.425. The normalized spacial score (nSPS) is 12.4. The summed E-state index contributed by atoms with van der Waals surface area (Å²) >= 11 is 4.44. The smallest absolute Gasteiger partial charge is 0.371 e. The van der Waals surface area contributed by atoms with E-state index in [-0.39, 0.29) is 0 Å². The van der Waals surface area contributed by atoms with Crippen molar-refractivity contribution in [1.82, 2.24) is 0 Å². The molecule has 0 aliphatic carbocycles. The number of halogens is 3. The fourth-order valence-electron chi connectivity index (χ4n) is 0.167. The molecule has 0 atom stereocenters. The Hall–Kier alpha value is -0.640. The van der Waals surface area contributed by atoms with Crippen LogP contribution in [0.15, 0.2) is 11.1 Å². The van der Waals surface area contributed by atoms with Crippen molar-refractivity contribution < 1.29 is 18.3 Å². The van der Waals surface area contributed by atoms with Crippen LogP contribution in [-0.2, 0) is 9.53 Å². The number of carbonyl (C=O) groups is 1. The van der Waals surface area contributed by atoms with Gasteiger partial charge < -0.3 is 4.74 Å². The van der Waals surface area contributed by atoms with E-state index in [1.54, 1.807) is 0 Å². The lowest BCUT2D eigenvalue weighted by Crippen LogP contribution is -2.00. The van der Waals surface area contributed by atoms with Gasteiger partial charge in [-0.05, 0) is 11.6 Å². The lowest BCUT2D eigenvalue weighted by atomic mass is 10.6. The van der Waals surface area contributed by atoms with Crippen molar-refractivity contribution in [2.45, 2.75) is 0 Å². The number of ether oxygens (including phenoxy) is 1. The molecule has 0 aliphatic heterocycles. The molecule has 0 rings (SSSR count). The predicted octanol–water partition coefficient (Wildman–Crippen LogP) is 1.51. The monoisotopic (exact) mass is 156 g/mol. The molecule has 0 fully saturated rings. The molecule has 0 bridgehead atoms. The fraction of sp³-hybridized carbons (Fsp3) is 0.250. The molecule has 0 radical (unpaired) electrons. The van der Waals surface area contributed by atoms with Crippen molar-refractivity contribution in [2.75, 3.05) is 7.11 Å². The highest BCUT2D eigenvalue weighted by Gasteiger charge is 2.13. The summed E-state index contributed by atoms with van der Waals surface area (Å²) in [5.74, 6) is -3.12. The molecule has 0 aliphatic rings. The number of carbonyl (C=O) groups excluding carboxylic acids is 1. The number of rotatable bonds is 1. The Kier molecular flexibility index (Phi) is 3.16. The van der Waals surface area contributed by atoms with Gasteiger partial charge in [0.15, 0.2) is 0 Å². The second-order valence-electron chi connectivity index (χ2n) is 1.07. The van der Waals surface area contributed by atoms with Gasteiger partial charge in [0.2, 0.25) is 5.29 Å². The SMILES string of the molecule is COC(=O)/C(F)=C(\F)Cl. The maximum atomic E-state index is 11.8. The van der Waals surface area contributed by atoms with Crippen molar-refractivity contribution in [3.8, 4) is 0 Å². The second kappa shape index (κ2) is 3.40. The molecule has 0 heterocycles. The standard InChI is InChI=1S/C4H3ClF2O2/c1-9-4(8)2(6)3(5)7/h1H3/b3-2+. The van der Waals surface area contributed by atoms with E-state index >= 15 is 0 Å². The Morgan fingerprint density at radius 1 is 1.56 bits per heavy atom. The van der Waals surface area contributed by atoms with Crippen LogP contribution >= 0.6 is 11.6 Å². The summed E-state index contributed by atoms with van der Waals surface area (Å²) in [5, 5.41) is -1.69. The van der Waals surface area contributed by atoms with Crippen LogP contribution < -0.4 is 0 Å². The minimum absolute atomic E-state index is 0.918. The number of methoxy groups -OCH3 is 1. The third kappa shape index (κ3) is 2.41. The Morgan fingerprint density at radius 2 is 2.00 bits per heavy atom. The van der Waals surface area contributed by atoms with E-state index in [1.165, 1.54) is 0 Å². The first-order valence-electron chi connectivity index (χ1n) is 1.88. The molecule has 0 N–H and O–H groups in total. The van der Waals surface area contributed by atoms with Gasteiger partial charge in [-0.1, -0.05) is 0 Å². The second-order valence-corrected chi connectivity index (χ2v) is 1.40. The zero-order chi connectivity index (χ0) is 7.44. The molecule has 0 saturated carbocycles. The van der Waals surface area contributed by atoms with Gasteiger partial charge in [-0.15, -0.1) is 0 Å². The summed E-state index contributed by atoms with van der Waals surface area (Å²) in [6.45, 7) is 0. The Balaban J connectivity index is 4.21. The van der Waals surface area contributed by atoms with Gasteiger partial charge in [0.05, 0.1) is 7.11 Å². The molecule has 52 valence electrons. The summed E-state index contributed by atoms with van der Waals surface area (Å²) < 4.78 is 27.1. The summed E-state index contributed by atoms with van der Waals surface area (Å²) in [6, 6.07) is 0. The first-order valence-corrected chi connectivity index (χ1v) is 2.26. The van der Waals surface area contributed by atoms with E-state index in [0.29, 0.717) is 0 Å². The van der Waals surface area contributed by atoms with Gasteiger partial charge in [0, 0.05) is 0 Å². The van der Waals surface area contributed by atoms with Gasteiger partial charge in [-0.3, -0.25) is 0 Å². The average molecular weight is 157 g/mol. The number of hydrogen-bond donors (Lipinski definition) is 0. The lowest BCUT2D eigenvalue weighted by molar-refractivity contribution is -0.137. The first kappa shape index (κ1) is 8.36. The van der Waals surface area contributed by atoms with Crippen molar-refractivity contribution in [3.63, 3.8) is 0 Å². The predicted molar refractivity (Wildman–Crippen MR) is 27.1 cm³/mol. The van der Waals surface area contributed by atoms with Gasteiger partial charge in [-0.25, -0.2) is 4.79 Å². The topological polar surface area (TPSA) is 26.3 Å². The molecule has 9 heavy (non-hydrogen) atoms. The Morgan fingerprint density at radius 3 is 2.11 bits per heavy atom. The van der Waals surface area contributed by atoms with Crippen LogP contribution in [0.25, 0.3) is 0 Å². The van der Waals surface area contributed by atoms with Gasteiger partial charge in [0.25, 0.3) is 5.83 Å². The molecular weight excluding hydrogens is 153 g/mol. The summed E-state index contributed by atoms with van der Waals surface area (Å²) in [6.07, 6.45) is 0. The Bertz CT molecular complexity index is 151. The molecule has 0 saturated heterocycles. The van der Waals surface area contributed by atoms with Crippen LogP contribution in [0.3, 0.4) is 0 Å². The third-order valence-electron chi connectivity index (χ3n) is 0.531.